The van der Waals surface area contributed by atoms with Gasteiger partial charge < -0.3 is 0 Å². The van der Waals surface area contributed by atoms with Crippen LogP contribution >= 0.6 is 0 Å². The largest absolute Gasteiger partial charge is 0.396 e. The average molecular weight is 412 g/mol. The molecule has 0 aliphatic heterocycles. The summed E-state index contributed by atoms with van der Waals surface area (Å²) in [4.78, 5) is 0. The van der Waals surface area contributed by atoms with E-state index in [0.29, 0.717) is 11.1 Å². The normalized spacial score (nSPS) is 13.0. The summed E-state index contributed by atoms with van der Waals surface area (Å²) < 4.78 is 55.2. The first-order valence-corrected chi connectivity index (χ1v) is 10.0. The number of alkyl halides is 3. The summed E-state index contributed by atoms with van der Waals surface area (Å²) >= 11 is 0. The second kappa shape index (κ2) is 9.75. The minimum atomic E-state index is -4.40. The van der Waals surface area contributed by atoms with Gasteiger partial charge in [0.2, 0.25) is 0 Å². The molecule has 0 amide bonds. The Bertz CT molecular complexity index is 970. The van der Waals surface area contributed by atoms with Crippen LogP contribution in [-0.2, 0) is 12.8 Å². The lowest BCUT2D eigenvalue weighted by Gasteiger charge is -2.21. The van der Waals surface area contributed by atoms with Crippen LogP contribution in [0.3, 0.4) is 0 Å². The first kappa shape index (κ1) is 21.8. The minimum absolute atomic E-state index is 0.181. The van der Waals surface area contributed by atoms with Gasteiger partial charge in [0.1, 0.15) is 5.82 Å². The molecule has 3 aromatic carbocycles. The first-order valence-electron chi connectivity index (χ1n) is 10.0. The fraction of sp³-hybridized carbons (Fsp3) is 0.231. The highest BCUT2D eigenvalue weighted by Crippen LogP contribution is 2.37. The van der Waals surface area contributed by atoms with E-state index in [2.05, 4.69) is 6.92 Å². The van der Waals surface area contributed by atoms with Gasteiger partial charge in [-0.3, -0.25) is 0 Å². The van der Waals surface area contributed by atoms with Gasteiger partial charge in [0.05, 0.1) is 5.92 Å². The van der Waals surface area contributed by atoms with Crippen LogP contribution in [0.1, 0.15) is 47.1 Å². The zero-order chi connectivity index (χ0) is 21.6. The summed E-state index contributed by atoms with van der Waals surface area (Å²) in [5, 5.41) is 0. The summed E-state index contributed by atoms with van der Waals surface area (Å²) in [6.07, 6.45) is 0.838. The highest BCUT2D eigenvalue weighted by atomic mass is 19.4. The van der Waals surface area contributed by atoms with Crippen LogP contribution in [0.2, 0.25) is 0 Å². The summed E-state index contributed by atoms with van der Waals surface area (Å²) in [7, 11) is 0. The molecule has 0 heterocycles. The van der Waals surface area contributed by atoms with Crippen LogP contribution in [0.5, 0.6) is 0 Å². The van der Waals surface area contributed by atoms with E-state index in [0.717, 1.165) is 18.4 Å². The maximum absolute atomic E-state index is 14.5. The Hall–Kier alpha value is -2.88. The van der Waals surface area contributed by atoms with Crippen molar-refractivity contribution in [3.63, 3.8) is 0 Å². The van der Waals surface area contributed by atoms with Gasteiger partial charge in [0.25, 0.3) is 0 Å². The molecule has 0 aromatic heterocycles. The van der Waals surface area contributed by atoms with Crippen molar-refractivity contribution in [2.45, 2.75) is 38.3 Å². The lowest BCUT2D eigenvalue weighted by Crippen LogP contribution is -2.23. The maximum atomic E-state index is 14.5. The summed E-state index contributed by atoms with van der Waals surface area (Å²) in [5.41, 5.74) is 3.04. The molecule has 4 heteroatoms. The number of hydrogen-bond donors (Lipinski definition) is 0. The molecular weight excluding hydrogens is 388 g/mol. The maximum Gasteiger partial charge on any atom is 0.396 e. The Balaban J connectivity index is 1.75. The molecule has 3 rings (SSSR count). The number of benzene rings is 3. The number of halogens is 4. The van der Waals surface area contributed by atoms with Gasteiger partial charge in [0, 0.05) is 5.56 Å². The zero-order valence-corrected chi connectivity index (χ0v) is 16.8. The molecule has 0 radical (unpaired) electrons. The van der Waals surface area contributed by atoms with Gasteiger partial charge in [-0.15, -0.1) is 0 Å². The average Bonchev–Trinajstić information content (AvgIpc) is 2.72. The summed E-state index contributed by atoms with van der Waals surface area (Å²) in [5.74, 6) is -2.19. The minimum Gasteiger partial charge on any atom is -0.206 e. The fourth-order valence-electron chi connectivity index (χ4n) is 3.45. The van der Waals surface area contributed by atoms with E-state index >= 15 is 0 Å². The van der Waals surface area contributed by atoms with Crippen molar-refractivity contribution in [1.29, 1.82) is 0 Å². The van der Waals surface area contributed by atoms with Gasteiger partial charge in [-0.05, 0) is 41.2 Å². The van der Waals surface area contributed by atoms with Crippen molar-refractivity contribution in [2.75, 3.05) is 0 Å². The van der Waals surface area contributed by atoms with Crippen LogP contribution in [0, 0.1) is 5.82 Å². The smallest absolute Gasteiger partial charge is 0.206 e. The Kier molecular flexibility index (Phi) is 7.09. The Morgan fingerprint density at radius 1 is 0.833 bits per heavy atom. The zero-order valence-electron chi connectivity index (χ0n) is 16.8. The third kappa shape index (κ3) is 5.82. The quantitative estimate of drug-likeness (QED) is 0.274. The molecule has 0 bridgehead atoms. The van der Waals surface area contributed by atoms with Gasteiger partial charge >= 0.3 is 6.18 Å². The van der Waals surface area contributed by atoms with Crippen LogP contribution in [0.15, 0.2) is 72.8 Å². The standard InChI is InChI=1S/C26H24F4/c1-2-6-19-9-11-20(12-10-19)13-15-23-16-14-21(18-25(23)27)17-24(26(28,29)30)22-7-4-3-5-8-22/h3-5,7-16,18,24H,2,6,17H2,1H3/t24-/m0/s1. The van der Waals surface area contributed by atoms with E-state index in [1.54, 1.807) is 36.4 Å². The molecule has 0 fully saturated rings. The molecular formula is C26H24F4. The van der Waals surface area contributed by atoms with Crippen LogP contribution in [0.25, 0.3) is 12.2 Å². The van der Waals surface area contributed by atoms with Crippen LogP contribution in [-0.4, -0.2) is 6.18 Å². The van der Waals surface area contributed by atoms with Crippen molar-refractivity contribution in [3.8, 4) is 0 Å². The number of hydrogen-bond acceptors (Lipinski definition) is 0. The van der Waals surface area contributed by atoms with E-state index < -0.39 is 17.9 Å². The number of rotatable bonds is 7. The monoisotopic (exact) mass is 412 g/mol. The molecule has 0 aliphatic rings. The summed E-state index contributed by atoms with van der Waals surface area (Å²) in [6.45, 7) is 2.12. The fourth-order valence-corrected chi connectivity index (χ4v) is 3.45. The van der Waals surface area contributed by atoms with Gasteiger partial charge in [-0.25, -0.2) is 4.39 Å². The second-order valence-corrected chi connectivity index (χ2v) is 7.39. The van der Waals surface area contributed by atoms with Gasteiger partial charge in [-0.2, -0.15) is 13.2 Å². The van der Waals surface area contributed by atoms with Crippen molar-refractivity contribution in [2.24, 2.45) is 0 Å². The van der Waals surface area contributed by atoms with Crippen LogP contribution in [0.4, 0.5) is 17.6 Å². The predicted molar refractivity (Wildman–Crippen MR) is 115 cm³/mol. The SMILES string of the molecule is CCCc1ccc(C=Cc2ccc(C[C@@H](c3ccccc3)C(F)(F)F)cc2F)cc1. The molecule has 0 unspecified atom stereocenters. The second-order valence-electron chi connectivity index (χ2n) is 7.39. The molecule has 0 saturated carbocycles. The van der Waals surface area contributed by atoms with Crippen molar-refractivity contribution >= 4 is 12.2 Å². The molecule has 0 N–H and O–H groups in total. The molecule has 3 aromatic rings. The Morgan fingerprint density at radius 2 is 1.50 bits per heavy atom. The van der Waals surface area contributed by atoms with E-state index in [-0.39, 0.29) is 12.0 Å². The third-order valence-electron chi connectivity index (χ3n) is 5.08. The van der Waals surface area contributed by atoms with Crippen molar-refractivity contribution in [1.82, 2.24) is 0 Å². The molecule has 30 heavy (non-hydrogen) atoms. The predicted octanol–water partition coefficient (Wildman–Crippen LogP) is 7.84. The molecule has 0 saturated heterocycles. The molecule has 1 atom stereocenters. The highest BCUT2D eigenvalue weighted by molar-refractivity contribution is 5.70. The first-order chi connectivity index (χ1) is 14.4. The third-order valence-corrected chi connectivity index (χ3v) is 5.08. The van der Waals surface area contributed by atoms with Crippen LogP contribution < -0.4 is 0 Å². The van der Waals surface area contributed by atoms with E-state index in [4.69, 9.17) is 0 Å². The Labute approximate surface area is 174 Å². The molecule has 0 aliphatic carbocycles. The molecule has 0 nitrogen and oxygen atoms in total. The lowest BCUT2D eigenvalue weighted by molar-refractivity contribution is -0.150. The topological polar surface area (TPSA) is 0 Å². The van der Waals surface area contributed by atoms with E-state index in [9.17, 15) is 17.6 Å². The Morgan fingerprint density at radius 3 is 2.10 bits per heavy atom. The van der Waals surface area contributed by atoms with Crippen molar-refractivity contribution in [3.05, 3.63) is 106 Å². The molecule has 0 spiro atoms. The van der Waals surface area contributed by atoms with E-state index in [1.807, 2.05) is 24.3 Å². The molecule has 156 valence electrons. The lowest BCUT2D eigenvalue weighted by atomic mass is 9.91. The van der Waals surface area contributed by atoms with Gasteiger partial charge in [0.15, 0.2) is 0 Å². The summed E-state index contributed by atoms with van der Waals surface area (Å²) in [6, 6.07) is 20.1. The van der Waals surface area contributed by atoms with Gasteiger partial charge in [-0.1, -0.05) is 92.2 Å². The highest BCUT2D eigenvalue weighted by Gasteiger charge is 2.40. The van der Waals surface area contributed by atoms with E-state index in [1.165, 1.54) is 29.8 Å². The van der Waals surface area contributed by atoms with Crippen molar-refractivity contribution < 1.29 is 17.6 Å². The number of aryl methyl sites for hydroxylation is 1.